The van der Waals surface area contributed by atoms with Gasteiger partial charge in [0.25, 0.3) is 0 Å². The summed E-state index contributed by atoms with van der Waals surface area (Å²) >= 11 is 0. The van der Waals surface area contributed by atoms with Crippen LogP contribution < -0.4 is 15.4 Å². The highest BCUT2D eigenvalue weighted by Crippen LogP contribution is 2.24. The molecule has 1 fully saturated rings. The first kappa shape index (κ1) is 17.3. The molecule has 2 atom stereocenters. The molecule has 1 aromatic heterocycles. The van der Waals surface area contributed by atoms with Gasteiger partial charge in [0.2, 0.25) is 5.91 Å². The third-order valence-electron chi connectivity index (χ3n) is 3.92. The second-order valence-corrected chi connectivity index (χ2v) is 5.78. The molecule has 3 rings (SSSR count). The zero-order valence-electron chi connectivity index (χ0n) is 13.9. The van der Waals surface area contributed by atoms with Gasteiger partial charge < -0.3 is 20.1 Å². The molecule has 0 unspecified atom stereocenters. The van der Waals surface area contributed by atoms with Gasteiger partial charge in [-0.25, -0.2) is 4.39 Å². The molecule has 1 saturated heterocycles. The average molecular weight is 345 g/mol. The molecule has 0 saturated carbocycles. The summed E-state index contributed by atoms with van der Waals surface area (Å²) in [7, 11) is 0. The highest BCUT2D eigenvalue weighted by atomic mass is 19.1. The van der Waals surface area contributed by atoms with Crippen LogP contribution in [0.25, 0.3) is 0 Å². The molecule has 7 heteroatoms. The van der Waals surface area contributed by atoms with Crippen molar-refractivity contribution in [3.05, 3.63) is 54.1 Å². The standard InChI is InChI=1S/C18H20FN3O3/c1-12-17(21-7-8-24-12)18(23)22-10-13-4-5-16(15(19)9-13)25-14-3-2-6-20-11-14/h2-6,9,11-12,17,21H,7-8,10H2,1H3,(H,22,23)/t12-,17+/m1/s1. The Labute approximate surface area is 145 Å². The molecular weight excluding hydrogens is 325 g/mol. The maximum Gasteiger partial charge on any atom is 0.240 e. The second kappa shape index (κ2) is 8.04. The van der Waals surface area contributed by atoms with Gasteiger partial charge in [0, 0.05) is 19.3 Å². The summed E-state index contributed by atoms with van der Waals surface area (Å²) in [6.45, 7) is 3.31. The zero-order chi connectivity index (χ0) is 17.6. The molecule has 1 amide bonds. The number of hydrogen-bond acceptors (Lipinski definition) is 5. The van der Waals surface area contributed by atoms with Crippen molar-refractivity contribution in [2.45, 2.75) is 25.6 Å². The van der Waals surface area contributed by atoms with Crippen LogP contribution >= 0.6 is 0 Å². The summed E-state index contributed by atoms with van der Waals surface area (Å²) in [5, 5.41) is 5.91. The minimum atomic E-state index is -0.497. The van der Waals surface area contributed by atoms with Gasteiger partial charge in [0.05, 0.1) is 18.9 Å². The van der Waals surface area contributed by atoms with Crippen LogP contribution in [-0.4, -0.2) is 36.2 Å². The summed E-state index contributed by atoms with van der Waals surface area (Å²) in [5.74, 6) is -0.0924. The number of carbonyl (C=O) groups excluding carboxylic acids is 1. The van der Waals surface area contributed by atoms with E-state index in [9.17, 15) is 9.18 Å². The highest BCUT2D eigenvalue weighted by molar-refractivity contribution is 5.82. The number of halogens is 1. The van der Waals surface area contributed by atoms with Gasteiger partial charge in [-0.2, -0.15) is 0 Å². The van der Waals surface area contributed by atoms with Crippen LogP contribution in [0.15, 0.2) is 42.7 Å². The van der Waals surface area contributed by atoms with E-state index in [1.807, 2.05) is 6.92 Å². The Morgan fingerprint density at radius 3 is 3.08 bits per heavy atom. The van der Waals surface area contributed by atoms with Gasteiger partial charge in [-0.1, -0.05) is 6.07 Å². The van der Waals surface area contributed by atoms with Crippen LogP contribution in [0.1, 0.15) is 12.5 Å². The summed E-state index contributed by atoms with van der Waals surface area (Å²) < 4.78 is 25.1. The number of rotatable bonds is 5. The number of ether oxygens (including phenoxy) is 2. The van der Waals surface area contributed by atoms with Crippen molar-refractivity contribution in [1.82, 2.24) is 15.6 Å². The monoisotopic (exact) mass is 345 g/mol. The molecule has 0 spiro atoms. The van der Waals surface area contributed by atoms with E-state index in [1.165, 1.54) is 18.3 Å². The lowest BCUT2D eigenvalue weighted by molar-refractivity contribution is -0.129. The number of morpholine rings is 1. The SMILES string of the molecule is C[C@H]1OCCN[C@@H]1C(=O)NCc1ccc(Oc2cccnc2)c(F)c1. The molecule has 2 heterocycles. The van der Waals surface area contributed by atoms with Crippen LogP contribution in [0.4, 0.5) is 4.39 Å². The average Bonchev–Trinajstić information content (AvgIpc) is 2.63. The minimum Gasteiger partial charge on any atom is -0.453 e. The van der Waals surface area contributed by atoms with Crippen molar-refractivity contribution in [3.8, 4) is 11.5 Å². The third-order valence-corrected chi connectivity index (χ3v) is 3.92. The number of carbonyl (C=O) groups is 1. The van der Waals surface area contributed by atoms with E-state index in [0.717, 1.165) is 0 Å². The van der Waals surface area contributed by atoms with Gasteiger partial charge in [0.15, 0.2) is 11.6 Å². The molecule has 0 aliphatic carbocycles. The van der Waals surface area contributed by atoms with Crippen molar-refractivity contribution in [2.75, 3.05) is 13.2 Å². The fourth-order valence-electron chi connectivity index (χ4n) is 2.60. The van der Waals surface area contributed by atoms with Crippen LogP contribution in [0, 0.1) is 5.82 Å². The van der Waals surface area contributed by atoms with Crippen molar-refractivity contribution >= 4 is 5.91 Å². The molecule has 1 aliphatic rings. The molecule has 25 heavy (non-hydrogen) atoms. The topological polar surface area (TPSA) is 72.5 Å². The van der Waals surface area contributed by atoms with E-state index in [0.29, 0.717) is 24.5 Å². The summed E-state index contributed by atoms with van der Waals surface area (Å²) in [4.78, 5) is 16.1. The van der Waals surface area contributed by atoms with Crippen LogP contribution in [0.2, 0.25) is 0 Å². The van der Waals surface area contributed by atoms with E-state index in [1.54, 1.807) is 24.4 Å². The smallest absolute Gasteiger partial charge is 0.240 e. The number of amides is 1. The van der Waals surface area contributed by atoms with Crippen molar-refractivity contribution < 1.29 is 18.7 Å². The van der Waals surface area contributed by atoms with E-state index in [4.69, 9.17) is 9.47 Å². The van der Waals surface area contributed by atoms with Gasteiger partial charge in [-0.3, -0.25) is 9.78 Å². The number of aromatic nitrogens is 1. The molecule has 132 valence electrons. The van der Waals surface area contributed by atoms with E-state index >= 15 is 0 Å². The first-order chi connectivity index (χ1) is 12.1. The Balaban J connectivity index is 1.58. The summed E-state index contributed by atoms with van der Waals surface area (Å²) in [5.41, 5.74) is 0.647. The summed E-state index contributed by atoms with van der Waals surface area (Å²) in [6, 6.07) is 7.60. The van der Waals surface area contributed by atoms with Crippen molar-refractivity contribution in [1.29, 1.82) is 0 Å². The first-order valence-electron chi connectivity index (χ1n) is 8.12. The van der Waals surface area contributed by atoms with Crippen molar-refractivity contribution in [2.24, 2.45) is 0 Å². The first-order valence-corrected chi connectivity index (χ1v) is 8.12. The third kappa shape index (κ3) is 4.52. The maximum atomic E-state index is 14.2. The lowest BCUT2D eigenvalue weighted by Gasteiger charge is -2.29. The molecule has 2 aromatic rings. The van der Waals surface area contributed by atoms with E-state index in [2.05, 4.69) is 15.6 Å². The minimum absolute atomic E-state index is 0.110. The Kier molecular flexibility index (Phi) is 5.57. The largest absolute Gasteiger partial charge is 0.453 e. The summed E-state index contributed by atoms with van der Waals surface area (Å²) in [6.07, 6.45) is 2.93. The lowest BCUT2D eigenvalue weighted by atomic mass is 10.1. The predicted molar refractivity (Wildman–Crippen MR) is 89.8 cm³/mol. The Morgan fingerprint density at radius 2 is 2.36 bits per heavy atom. The number of benzene rings is 1. The Hall–Kier alpha value is -2.51. The van der Waals surface area contributed by atoms with E-state index < -0.39 is 11.9 Å². The fraction of sp³-hybridized carbons (Fsp3) is 0.333. The maximum absolute atomic E-state index is 14.2. The second-order valence-electron chi connectivity index (χ2n) is 5.78. The van der Waals surface area contributed by atoms with Gasteiger partial charge in [-0.05, 0) is 36.8 Å². The molecular formula is C18H20FN3O3. The zero-order valence-corrected chi connectivity index (χ0v) is 13.9. The molecule has 1 aliphatic heterocycles. The lowest BCUT2D eigenvalue weighted by Crippen LogP contribution is -2.55. The Bertz CT molecular complexity index is 727. The van der Waals surface area contributed by atoms with E-state index in [-0.39, 0.29) is 24.3 Å². The van der Waals surface area contributed by atoms with Crippen LogP contribution in [-0.2, 0) is 16.1 Å². The quantitative estimate of drug-likeness (QED) is 0.867. The van der Waals surface area contributed by atoms with Crippen LogP contribution in [0.3, 0.4) is 0 Å². The normalized spacial score (nSPS) is 20.1. The molecule has 0 radical (unpaired) electrons. The number of hydrogen-bond donors (Lipinski definition) is 2. The van der Waals surface area contributed by atoms with Gasteiger partial charge in [0.1, 0.15) is 11.8 Å². The van der Waals surface area contributed by atoms with Crippen LogP contribution in [0.5, 0.6) is 11.5 Å². The van der Waals surface area contributed by atoms with Gasteiger partial charge in [-0.15, -0.1) is 0 Å². The fourth-order valence-corrected chi connectivity index (χ4v) is 2.60. The number of nitrogens with zero attached hydrogens (tertiary/aromatic N) is 1. The molecule has 2 N–H and O–H groups in total. The highest BCUT2D eigenvalue weighted by Gasteiger charge is 2.27. The molecule has 0 bridgehead atoms. The van der Waals surface area contributed by atoms with Crippen molar-refractivity contribution in [3.63, 3.8) is 0 Å². The number of nitrogens with one attached hydrogen (secondary N) is 2. The van der Waals surface area contributed by atoms with Gasteiger partial charge >= 0.3 is 0 Å². The molecule has 6 nitrogen and oxygen atoms in total. The predicted octanol–water partition coefficient (Wildman–Crippen LogP) is 2.01. The Morgan fingerprint density at radius 1 is 1.48 bits per heavy atom. The number of pyridine rings is 1. The molecule has 1 aromatic carbocycles.